The molecule has 1 saturated carbocycles. The Kier molecular flexibility index (Phi) is 4.39. The molecule has 0 spiro atoms. The van der Waals surface area contributed by atoms with E-state index in [1.165, 1.54) is 0 Å². The summed E-state index contributed by atoms with van der Waals surface area (Å²) in [6.45, 7) is 1.70. The highest BCUT2D eigenvalue weighted by Gasteiger charge is 2.26. The molecule has 1 rings (SSSR count). The van der Waals surface area contributed by atoms with Crippen molar-refractivity contribution >= 4 is 12.0 Å². The number of hydrogen-bond donors (Lipinski definition) is 2. The van der Waals surface area contributed by atoms with Crippen molar-refractivity contribution in [3.8, 4) is 0 Å². The third kappa shape index (κ3) is 3.42. The van der Waals surface area contributed by atoms with E-state index in [9.17, 15) is 9.59 Å². The summed E-state index contributed by atoms with van der Waals surface area (Å²) < 4.78 is 0. The number of rotatable bonds is 2. The lowest BCUT2D eigenvalue weighted by molar-refractivity contribution is -0.126. The second kappa shape index (κ2) is 5.58. The van der Waals surface area contributed by atoms with Gasteiger partial charge in [-0.3, -0.25) is 10.2 Å². The zero-order chi connectivity index (χ0) is 11.3. The van der Waals surface area contributed by atoms with Gasteiger partial charge in [0.05, 0.1) is 6.04 Å². The summed E-state index contributed by atoms with van der Waals surface area (Å²) >= 11 is 0. The molecule has 0 atom stereocenters. The predicted molar refractivity (Wildman–Crippen MR) is 55.2 cm³/mol. The van der Waals surface area contributed by atoms with Crippen LogP contribution < -0.4 is 5.43 Å². The molecule has 2 amide bonds. The topological polar surface area (TPSA) is 69.6 Å². The number of carboxylic acid groups (broad SMARTS) is 1. The number of carbonyl (C=O) groups is 2. The molecule has 0 saturated heterocycles. The predicted octanol–water partition coefficient (Wildman–Crippen LogP) is 1.74. The zero-order valence-electron chi connectivity index (χ0n) is 9.03. The van der Waals surface area contributed by atoms with E-state index in [2.05, 4.69) is 5.43 Å². The molecule has 1 aliphatic carbocycles. The molecule has 1 aliphatic rings. The lowest BCUT2D eigenvalue weighted by Crippen LogP contribution is -2.51. The normalized spacial score (nSPS) is 17.1. The van der Waals surface area contributed by atoms with E-state index in [1.54, 1.807) is 6.92 Å². The molecule has 0 radical (unpaired) electrons. The van der Waals surface area contributed by atoms with Gasteiger partial charge in [-0.05, 0) is 12.8 Å². The molecule has 2 N–H and O–H groups in total. The minimum atomic E-state index is -1.07. The van der Waals surface area contributed by atoms with Crippen LogP contribution in [0.25, 0.3) is 0 Å². The molecule has 0 aromatic rings. The van der Waals surface area contributed by atoms with Crippen LogP contribution in [0.5, 0.6) is 0 Å². The fraction of sp³-hybridized carbons (Fsp3) is 0.800. The van der Waals surface area contributed by atoms with Crippen LogP contribution in [-0.2, 0) is 4.79 Å². The van der Waals surface area contributed by atoms with Crippen LogP contribution >= 0.6 is 0 Å². The molecule has 0 bridgehead atoms. The average molecular weight is 214 g/mol. The van der Waals surface area contributed by atoms with Gasteiger partial charge in [0.1, 0.15) is 0 Å². The van der Waals surface area contributed by atoms with E-state index in [4.69, 9.17) is 5.11 Å². The quantitative estimate of drug-likeness (QED) is 0.688. The summed E-state index contributed by atoms with van der Waals surface area (Å²) in [5.41, 5.74) is 2.43. The highest BCUT2D eigenvalue weighted by molar-refractivity contribution is 5.78. The van der Waals surface area contributed by atoms with Crippen LogP contribution in [0.4, 0.5) is 4.79 Å². The van der Waals surface area contributed by atoms with Gasteiger partial charge in [-0.2, -0.15) is 0 Å². The van der Waals surface area contributed by atoms with E-state index in [0.29, 0.717) is 6.42 Å². The average Bonchev–Trinajstić information content (AvgIpc) is 2.26. The van der Waals surface area contributed by atoms with Crippen LogP contribution in [0.3, 0.4) is 0 Å². The Morgan fingerprint density at radius 3 is 2.40 bits per heavy atom. The van der Waals surface area contributed by atoms with Crippen LogP contribution in [0.2, 0.25) is 0 Å². The van der Waals surface area contributed by atoms with Gasteiger partial charge in [0.15, 0.2) is 0 Å². The first-order valence-electron chi connectivity index (χ1n) is 5.46. The molecule has 0 heterocycles. The summed E-state index contributed by atoms with van der Waals surface area (Å²) in [5, 5.41) is 10.1. The van der Waals surface area contributed by atoms with Crippen LogP contribution in [0, 0.1) is 0 Å². The molecule has 0 aromatic heterocycles. The Balaban J connectivity index is 2.55. The van der Waals surface area contributed by atoms with Gasteiger partial charge >= 0.3 is 6.09 Å². The van der Waals surface area contributed by atoms with E-state index in [-0.39, 0.29) is 11.9 Å². The Morgan fingerprint density at radius 2 is 1.93 bits per heavy atom. The monoisotopic (exact) mass is 214 g/mol. The maximum atomic E-state index is 11.2. The van der Waals surface area contributed by atoms with Crippen molar-refractivity contribution in [2.24, 2.45) is 0 Å². The zero-order valence-corrected chi connectivity index (χ0v) is 9.03. The molecule has 0 unspecified atom stereocenters. The van der Waals surface area contributed by atoms with E-state index in [0.717, 1.165) is 37.1 Å². The van der Waals surface area contributed by atoms with E-state index >= 15 is 0 Å². The highest BCUT2D eigenvalue weighted by atomic mass is 16.4. The number of amides is 2. The molecule has 0 aliphatic heterocycles. The number of hydrazine groups is 1. The van der Waals surface area contributed by atoms with Crippen LogP contribution in [-0.4, -0.2) is 28.2 Å². The molecular formula is C10H18N2O3. The summed E-state index contributed by atoms with van der Waals surface area (Å²) in [5.74, 6) is -0.247. The lowest BCUT2D eigenvalue weighted by Gasteiger charge is -2.31. The molecule has 1 fully saturated rings. The molecular weight excluding hydrogens is 196 g/mol. The van der Waals surface area contributed by atoms with Gasteiger partial charge in [-0.25, -0.2) is 9.80 Å². The lowest BCUT2D eigenvalue weighted by atomic mass is 9.95. The third-order valence-corrected chi connectivity index (χ3v) is 2.71. The molecule has 5 nitrogen and oxygen atoms in total. The largest absolute Gasteiger partial charge is 0.464 e. The molecule has 5 heteroatoms. The smallest absolute Gasteiger partial charge is 0.426 e. The summed E-state index contributed by atoms with van der Waals surface area (Å²) in [6, 6.07) is -0.0493. The molecule has 86 valence electrons. The molecule has 15 heavy (non-hydrogen) atoms. The van der Waals surface area contributed by atoms with Gasteiger partial charge in [0.25, 0.3) is 0 Å². The first-order chi connectivity index (χ1) is 7.15. The summed E-state index contributed by atoms with van der Waals surface area (Å²) in [6.07, 6.45) is 4.16. The highest BCUT2D eigenvalue weighted by Crippen LogP contribution is 2.21. The summed E-state index contributed by atoms with van der Waals surface area (Å²) in [4.78, 5) is 22.1. The minimum Gasteiger partial charge on any atom is -0.464 e. The fourth-order valence-electron chi connectivity index (χ4n) is 1.85. The van der Waals surface area contributed by atoms with Crippen molar-refractivity contribution in [3.05, 3.63) is 0 Å². The van der Waals surface area contributed by atoms with E-state index < -0.39 is 6.09 Å². The third-order valence-electron chi connectivity index (χ3n) is 2.71. The number of nitrogens with zero attached hydrogens (tertiary/aromatic N) is 1. The van der Waals surface area contributed by atoms with E-state index in [1.807, 2.05) is 0 Å². The number of hydrogen-bond acceptors (Lipinski definition) is 2. The van der Waals surface area contributed by atoms with Crippen molar-refractivity contribution in [2.75, 3.05) is 0 Å². The SMILES string of the molecule is CCC(=O)NN(C(=O)O)C1CCCCC1. The standard InChI is InChI=1S/C10H18N2O3/c1-2-9(13)11-12(10(14)15)8-6-4-3-5-7-8/h8H,2-7H2,1H3,(H,11,13)(H,14,15). The van der Waals surface area contributed by atoms with Gasteiger partial charge in [-0.15, -0.1) is 0 Å². The van der Waals surface area contributed by atoms with Crippen molar-refractivity contribution in [2.45, 2.75) is 51.5 Å². The second-order valence-electron chi connectivity index (χ2n) is 3.83. The number of carbonyl (C=O) groups excluding carboxylic acids is 1. The Morgan fingerprint density at radius 1 is 1.33 bits per heavy atom. The van der Waals surface area contributed by atoms with Crippen LogP contribution in [0.15, 0.2) is 0 Å². The Bertz CT molecular complexity index is 237. The van der Waals surface area contributed by atoms with Gasteiger partial charge in [0.2, 0.25) is 5.91 Å². The summed E-state index contributed by atoms with van der Waals surface area (Å²) in [7, 11) is 0. The first-order valence-corrected chi connectivity index (χ1v) is 5.46. The van der Waals surface area contributed by atoms with Crippen molar-refractivity contribution in [3.63, 3.8) is 0 Å². The number of nitrogens with one attached hydrogen (secondary N) is 1. The second-order valence-corrected chi connectivity index (χ2v) is 3.83. The maximum absolute atomic E-state index is 11.2. The Hall–Kier alpha value is -1.26. The Labute approximate surface area is 89.4 Å². The fourth-order valence-corrected chi connectivity index (χ4v) is 1.85. The maximum Gasteiger partial charge on any atom is 0.426 e. The van der Waals surface area contributed by atoms with Crippen molar-refractivity contribution in [1.29, 1.82) is 0 Å². The van der Waals surface area contributed by atoms with Crippen molar-refractivity contribution < 1.29 is 14.7 Å². The van der Waals surface area contributed by atoms with Crippen molar-refractivity contribution in [1.82, 2.24) is 10.4 Å². The van der Waals surface area contributed by atoms with Gasteiger partial charge < -0.3 is 5.11 Å². The minimum absolute atomic E-state index is 0.0493. The van der Waals surface area contributed by atoms with Crippen LogP contribution in [0.1, 0.15) is 45.4 Å². The first kappa shape index (κ1) is 11.8. The van der Waals surface area contributed by atoms with Gasteiger partial charge in [0, 0.05) is 6.42 Å². The van der Waals surface area contributed by atoms with Gasteiger partial charge in [-0.1, -0.05) is 26.2 Å². The molecule has 0 aromatic carbocycles.